The standard InChI is InChI=1S/C14H11F6N3OS/c1-8-7-25-11(21-8)23-12(13(15,16)17,14(18,19)20)22-10(24)9-5-3-2-4-6-9/h2-7H,1H3,(H,21,23)(H,22,24). The fraction of sp³-hybridized carbons (Fsp3) is 0.286. The van der Waals surface area contributed by atoms with E-state index in [1.54, 1.807) is 0 Å². The maximum Gasteiger partial charge on any atom is 0.439 e. The first-order valence-electron chi connectivity index (χ1n) is 6.67. The molecule has 0 unspecified atom stereocenters. The Kier molecular flexibility index (Phi) is 4.98. The minimum Gasteiger partial charge on any atom is -0.324 e. The van der Waals surface area contributed by atoms with Crippen LogP contribution in [0.1, 0.15) is 16.1 Å². The third-order valence-corrected chi connectivity index (χ3v) is 3.98. The molecule has 1 aromatic heterocycles. The lowest BCUT2D eigenvalue weighted by Gasteiger charge is -2.38. The molecule has 2 aromatic rings. The van der Waals surface area contributed by atoms with Crippen molar-refractivity contribution in [3.05, 3.63) is 47.0 Å². The van der Waals surface area contributed by atoms with E-state index in [-0.39, 0.29) is 11.3 Å². The number of nitrogens with zero attached hydrogens (tertiary/aromatic N) is 1. The number of hydrogen-bond acceptors (Lipinski definition) is 4. The summed E-state index contributed by atoms with van der Waals surface area (Å²) in [5, 5.41) is 3.02. The summed E-state index contributed by atoms with van der Waals surface area (Å²) in [5.74, 6) is -1.53. The second-order valence-corrected chi connectivity index (χ2v) is 5.84. The molecule has 2 N–H and O–H groups in total. The monoisotopic (exact) mass is 383 g/mol. The maximum atomic E-state index is 13.4. The Balaban J connectivity index is 2.48. The zero-order valence-corrected chi connectivity index (χ0v) is 13.3. The number of halogens is 6. The molecular formula is C14H11F6N3OS. The van der Waals surface area contributed by atoms with Crippen LogP contribution in [0.2, 0.25) is 0 Å². The maximum absolute atomic E-state index is 13.4. The number of aryl methyl sites for hydroxylation is 1. The summed E-state index contributed by atoms with van der Waals surface area (Å²) in [5.41, 5.74) is -4.80. The van der Waals surface area contributed by atoms with E-state index in [4.69, 9.17) is 0 Å². The lowest BCUT2D eigenvalue weighted by molar-refractivity contribution is -0.294. The van der Waals surface area contributed by atoms with Crippen molar-refractivity contribution in [2.75, 3.05) is 5.32 Å². The molecule has 1 aromatic carbocycles. The fourth-order valence-electron chi connectivity index (χ4n) is 1.88. The molecule has 0 atom stereocenters. The first-order chi connectivity index (χ1) is 11.5. The second-order valence-electron chi connectivity index (χ2n) is 4.98. The average molecular weight is 383 g/mol. The molecule has 0 spiro atoms. The molecule has 25 heavy (non-hydrogen) atoms. The lowest BCUT2D eigenvalue weighted by atomic mass is 10.1. The van der Waals surface area contributed by atoms with Crippen LogP contribution >= 0.6 is 11.3 Å². The molecule has 0 fully saturated rings. The highest BCUT2D eigenvalue weighted by Crippen LogP contribution is 2.44. The van der Waals surface area contributed by atoms with Crippen molar-refractivity contribution in [2.24, 2.45) is 0 Å². The zero-order chi connectivity index (χ0) is 18.9. The quantitative estimate of drug-likeness (QED) is 0.617. The number of amides is 1. The van der Waals surface area contributed by atoms with E-state index in [1.807, 2.05) is 0 Å². The van der Waals surface area contributed by atoms with Gasteiger partial charge in [-0.3, -0.25) is 4.79 Å². The molecule has 0 radical (unpaired) electrons. The summed E-state index contributed by atoms with van der Waals surface area (Å²) in [7, 11) is 0. The van der Waals surface area contributed by atoms with Gasteiger partial charge in [0, 0.05) is 10.9 Å². The Hall–Kier alpha value is -2.30. The van der Waals surface area contributed by atoms with E-state index in [9.17, 15) is 31.1 Å². The number of thiazole rings is 1. The van der Waals surface area contributed by atoms with Crippen molar-refractivity contribution in [1.82, 2.24) is 10.3 Å². The fourth-order valence-corrected chi connectivity index (χ4v) is 2.62. The van der Waals surface area contributed by atoms with Gasteiger partial charge in [-0.25, -0.2) is 4.98 Å². The molecule has 1 heterocycles. The van der Waals surface area contributed by atoms with Crippen LogP contribution in [0.3, 0.4) is 0 Å². The van der Waals surface area contributed by atoms with Crippen molar-refractivity contribution in [2.45, 2.75) is 24.9 Å². The number of rotatable bonds is 4. The largest absolute Gasteiger partial charge is 0.439 e. The SMILES string of the molecule is Cc1csc(NC(NC(=O)c2ccccc2)(C(F)(F)F)C(F)(F)F)n1. The van der Waals surface area contributed by atoms with E-state index >= 15 is 0 Å². The summed E-state index contributed by atoms with van der Waals surface area (Å²) in [4.78, 5) is 15.5. The summed E-state index contributed by atoms with van der Waals surface area (Å²) in [6.45, 7) is 1.41. The van der Waals surface area contributed by atoms with Gasteiger partial charge in [-0.1, -0.05) is 18.2 Å². The molecule has 136 valence electrons. The molecule has 4 nitrogen and oxygen atoms in total. The van der Waals surface area contributed by atoms with Crippen LogP contribution in [0.4, 0.5) is 31.5 Å². The van der Waals surface area contributed by atoms with Gasteiger partial charge in [0.15, 0.2) is 5.13 Å². The Morgan fingerprint density at radius 1 is 1.04 bits per heavy atom. The first-order valence-corrected chi connectivity index (χ1v) is 7.55. The molecule has 0 aliphatic carbocycles. The Labute approximate surface area is 141 Å². The Morgan fingerprint density at radius 2 is 1.60 bits per heavy atom. The molecule has 0 bridgehead atoms. The van der Waals surface area contributed by atoms with Gasteiger partial charge in [0.2, 0.25) is 0 Å². The van der Waals surface area contributed by atoms with E-state index in [2.05, 4.69) is 4.98 Å². The minimum atomic E-state index is -5.88. The van der Waals surface area contributed by atoms with Crippen LogP contribution in [-0.4, -0.2) is 28.9 Å². The van der Waals surface area contributed by atoms with Gasteiger partial charge in [0.05, 0.1) is 5.69 Å². The predicted octanol–water partition coefficient (Wildman–Crippen LogP) is 4.11. The van der Waals surface area contributed by atoms with Crippen molar-refractivity contribution < 1.29 is 31.1 Å². The van der Waals surface area contributed by atoms with Crippen LogP contribution in [0.25, 0.3) is 0 Å². The summed E-state index contributed by atoms with van der Waals surface area (Å²) >= 11 is 0.558. The van der Waals surface area contributed by atoms with Crippen LogP contribution in [0.15, 0.2) is 35.7 Å². The number of alkyl halides is 6. The number of anilines is 1. The highest BCUT2D eigenvalue weighted by molar-refractivity contribution is 7.13. The molecule has 0 aliphatic rings. The zero-order valence-electron chi connectivity index (χ0n) is 12.5. The normalized spacial score (nSPS) is 12.8. The number of aromatic nitrogens is 1. The van der Waals surface area contributed by atoms with Crippen molar-refractivity contribution >= 4 is 22.4 Å². The predicted molar refractivity (Wildman–Crippen MR) is 79.2 cm³/mol. The van der Waals surface area contributed by atoms with Gasteiger partial charge < -0.3 is 10.6 Å². The van der Waals surface area contributed by atoms with Crippen LogP contribution in [-0.2, 0) is 0 Å². The van der Waals surface area contributed by atoms with Gasteiger partial charge in [-0.05, 0) is 19.1 Å². The molecule has 0 saturated carbocycles. The molecule has 0 saturated heterocycles. The minimum absolute atomic E-state index is 0.236. The van der Waals surface area contributed by atoms with Crippen molar-refractivity contribution in [3.8, 4) is 0 Å². The molecule has 2 rings (SSSR count). The molecule has 11 heteroatoms. The van der Waals surface area contributed by atoms with Gasteiger partial charge >= 0.3 is 18.0 Å². The topological polar surface area (TPSA) is 54.0 Å². The van der Waals surface area contributed by atoms with Gasteiger partial charge in [0.25, 0.3) is 5.91 Å². The van der Waals surface area contributed by atoms with Crippen molar-refractivity contribution in [3.63, 3.8) is 0 Å². The number of hydrogen-bond donors (Lipinski definition) is 2. The number of nitrogens with one attached hydrogen (secondary N) is 2. The van der Waals surface area contributed by atoms with Crippen molar-refractivity contribution in [1.29, 1.82) is 0 Å². The smallest absolute Gasteiger partial charge is 0.324 e. The summed E-state index contributed by atoms with van der Waals surface area (Å²) in [6, 6.07) is 6.29. The molecule has 1 amide bonds. The molecular weight excluding hydrogens is 372 g/mol. The second kappa shape index (κ2) is 6.54. The van der Waals surface area contributed by atoms with Gasteiger partial charge in [-0.2, -0.15) is 26.3 Å². The highest BCUT2D eigenvalue weighted by Gasteiger charge is 2.73. The number of benzene rings is 1. The van der Waals surface area contributed by atoms with E-state index in [1.165, 1.54) is 35.8 Å². The van der Waals surface area contributed by atoms with E-state index in [0.717, 1.165) is 17.4 Å². The third-order valence-electron chi connectivity index (χ3n) is 3.10. The average Bonchev–Trinajstić information content (AvgIpc) is 2.90. The Bertz CT molecular complexity index is 727. The van der Waals surface area contributed by atoms with E-state index < -0.39 is 29.1 Å². The summed E-state index contributed by atoms with van der Waals surface area (Å²) in [6.07, 6.45) is -11.8. The third kappa shape index (κ3) is 3.86. The van der Waals surface area contributed by atoms with E-state index in [0.29, 0.717) is 11.3 Å². The lowest BCUT2D eigenvalue weighted by Crippen LogP contribution is -2.72. The summed E-state index contributed by atoms with van der Waals surface area (Å²) < 4.78 is 80.5. The van der Waals surface area contributed by atoms with Crippen LogP contribution in [0.5, 0.6) is 0 Å². The van der Waals surface area contributed by atoms with Gasteiger partial charge in [0.1, 0.15) is 0 Å². The Morgan fingerprint density at radius 3 is 2.04 bits per heavy atom. The van der Waals surface area contributed by atoms with Crippen LogP contribution < -0.4 is 10.6 Å². The number of carbonyl (C=O) groups is 1. The number of carbonyl (C=O) groups excluding carboxylic acids is 1. The molecule has 0 aliphatic heterocycles. The highest BCUT2D eigenvalue weighted by atomic mass is 32.1. The first kappa shape index (κ1) is 19.0. The van der Waals surface area contributed by atoms with Gasteiger partial charge in [-0.15, -0.1) is 11.3 Å². The van der Waals surface area contributed by atoms with Crippen LogP contribution in [0, 0.1) is 6.92 Å².